The summed E-state index contributed by atoms with van der Waals surface area (Å²) in [6, 6.07) is 5.58. The van der Waals surface area contributed by atoms with Gasteiger partial charge in [-0.3, -0.25) is 9.59 Å². The number of aryl methyl sites for hydroxylation is 1. The number of Topliss-reactive ketones (excluding diaryl/α,β-unsaturated/α-hetero) is 1. The third-order valence-corrected chi connectivity index (χ3v) is 2.89. The van der Waals surface area contributed by atoms with Crippen LogP contribution in [0.2, 0.25) is 0 Å². The minimum absolute atomic E-state index is 0.0474. The maximum Gasteiger partial charge on any atom is 0.308 e. The fourth-order valence-electron chi connectivity index (χ4n) is 1.78. The van der Waals surface area contributed by atoms with E-state index in [-0.39, 0.29) is 17.7 Å². The first-order chi connectivity index (χ1) is 8.41. The van der Waals surface area contributed by atoms with Crippen LogP contribution in [0.15, 0.2) is 18.2 Å². The molecular formula is C15H20O3. The summed E-state index contributed by atoms with van der Waals surface area (Å²) in [5, 5.41) is 0. The van der Waals surface area contributed by atoms with Crippen molar-refractivity contribution in [3.63, 3.8) is 0 Å². The van der Waals surface area contributed by atoms with Crippen LogP contribution in [-0.2, 0) is 16.0 Å². The molecule has 0 fully saturated rings. The standard InChI is InChI=1S/C15H20O3/c1-10(2)14(17)9-8-13-11(3)6-5-7-15(13)18-12(4)16/h5-7,10H,8-9H2,1-4H3. The minimum Gasteiger partial charge on any atom is -0.426 e. The van der Waals surface area contributed by atoms with E-state index in [2.05, 4.69) is 0 Å². The number of ether oxygens (including phenoxy) is 1. The third-order valence-electron chi connectivity index (χ3n) is 2.89. The average molecular weight is 248 g/mol. The minimum atomic E-state index is -0.336. The van der Waals surface area contributed by atoms with E-state index in [1.165, 1.54) is 6.92 Å². The zero-order chi connectivity index (χ0) is 13.7. The van der Waals surface area contributed by atoms with Gasteiger partial charge in [0.15, 0.2) is 0 Å². The molecule has 0 aliphatic carbocycles. The maximum atomic E-state index is 11.7. The molecule has 1 aromatic carbocycles. The number of esters is 1. The van der Waals surface area contributed by atoms with Crippen LogP contribution < -0.4 is 4.74 Å². The lowest BCUT2D eigenvalue weighted by Crippen LogP contribution is -2.10. The van der Waals surface area contributed by atoms with Crippen LogP contribution >= 0.6 is 0 Å². The maximum absolute atomic E-state index is 11.7. The first-order valence-electron chi connectivity index (χ1n) is 6.21. The molecule has 0 aliphatic heterocycles. The van der Waals surface area contributed by atoms with Crippen LogP contribution in [0.25, 0.3) is 0 Å². The Hall–Kier alpha value is -1.64. The molecule has 1 rings (SSSR count). The second-order valence-electron chi connectivity index (χ2n) is 4.77. The van der Waals surface area contributed by atoms with E-state index in [1.54, 1.807) is 6.07 Å². The van der Waals surface area contributed by atoms with E-state index in [9.17, 15) is 9.59 Å². The Labute approximate surface area is 108 Å². The van der Waals surface area contributed by atoms with Crippen LogP contribution in [0.3, 0.4) is 0 Å². The van der Waals surface area contributed by atoms with E-state index in [0.717, 1.165) is 11.1 Å². The Bertz CT molecular complexity index is 447. The molecule has 3 nitrogen and oxygen atoms in total. The van der Waals surface area contributed by atoms with Crippen LogP contribution in [0.5, 0.6) is 5.75 Å². The second kappa shape index (κ2) is 6.34. The van der Waals surface area contributed by atoms with E-state index in [0.29, 0.717) is 18.6 Å². The molecule has 0 bridgehead atoms. The van der Waals surface area contributed by atoms with Gasteiger partial charge in [-0.05, 0) is 30.5 Å². The molecule has 1 aromatic rings. The third kappa shape index (κ3) is 3.99. The molecule has 0 aliphatic rings. The number of carbonyl (C=O) groups excluding carboxylic acids is 2. The molecule has 0 unspecified atom stereocenters. The van der Waals surface area contributed by atoms with Gasteiger partial charge in [-0.1, -0.05) is 26.0 Å². The van der Waals surface area contributed by atoms with Crippen molar-refractivity contribution in [3.05, 3.63) is 29.3 Å². The summed E-state index contributed by atoms with van der Waals surface area (Å²) in [6.45, 7) is 7.13. The van der Waals surface area contributed by atoms with E-state index in [4.69, 9.17) is 4.74 Å². The van der Waals surface area contributed by atoms with Crippen molar-refractivity contribution in [1.29, 1.82) is 0 Å². The topological polar surface area (TPSA) is 43.4 Å². The Balaban J connectivity index is 2.86. The first-order valence-corrected chi connectivity index (χ1v) is 6.21. The van der Waals surface area contributed by atoms with Gasteiger partial charge in [0, 0.05) is 19.3 Å². The van der Waals surface area contributed by atoms with Crippen LogP contribution in [0.1, 0.15) is 38.3 Å². The summed E-state index contributed by atoms with van der Waals surface area (Å²) >= 11 is 0. The van der Waals surface area contributed by atoms with Crippen LogP contribution in [-0.4, -0.2) is 11.8 Å². The molecule has 0 amide bonds. The van der Waals surface area contributed by atoms with Gasteiger partial charge >= 0.3 is 5.97 Å². The Morgan fingerprint density at radius 3 is 2.50 bits per heavy atom. The normalized spacial score (nSPS) is 10.5. The Morgan fingerprint density at radius 2 is 1.94 bits per heavy atom. The second-order valence-corrected chi connectivity index (χ2v) is 4.77. The number of ketones is 1. The molecular weight excluding hydrogens is 228 g/mol. The van der Waals surface area contributed by atoms with Crippen molar-refractivity contribution in [2.75, 3.05) is 0 Å². The van der Waals surface area contributed by atoms with Gasteiger partial charge in [-0.2, -0.15) is 0 Å². The highest BCUT2D eigenvalue weighted by atomic mass is 16.5. The number of hydrogen-bond acceptors (Lipinski definition) is 3. The van der Waals surface area contributed by atoms with Crippen molar-refractivity contribution >= 4 is 11.8 Å². The largest absolute Gasteiger partial charge is 0.426 e. The van der Waals surface area contributed by atoms with E-state index in [1.807, 2.05) is 32.9 Å². The lowest BCUT2D eigenvalue weighted by Gasteiger charge is -2.12. The SMILES string of the molecule is CC(=O)Oc1cccc(C)c1CCC(=O)C(C)C. The number of hydrogen-bond donors (Lipinski definition) is 0. The highest BCUT2D eigenvalue weighted by Gasteiger charge is 2.12. The molecule has 0 saturated heterocycles. The molecule has 0 N–H and O–H groups in total. The Kier molecular flexibility index (Phi) is 5.08. The van der Waals surface area contributed by atoms with Crippen molar-refractivity contribution in [2.24, 2.45) is 5.92 Å². The molecule has 0 saturated carbocycles. The molecule has 0 aromatic heterocycles. The average Bonchev–Trinajstić information content (AvgIpc) is 2.27. The van der Waals surface area contributed by atoms with Gasteiger partial charge in [0.2, 0.25) is 0 Å². The lowest BCUT2D eigenvalue weighted by atomic mass is 9.97. The van der Waals surface area contributed by atoms with Crippen molar-refractivity contribution in [2.45, 2.75) is 40.5 Å². The van der Waals surface area contributed by atoms with Crippen LogP contribution in [0, 0.1) is 12.8 Å². The van der Waals surface area contributed by atoms with Gasteiger partial charge < -0.3 is 4.74 Å². The molecule has 98 valence electrons. The fraction of sp³-hybridized carbons (Fsp3) is 0.467. The smallest absolute Gasteiger partial charge is 0.308 e. The zero-order valence-electron chi connectivity index (χ0n) is 11.4. The van der Waals surface area contributed by atoms with E-state index >= 15 is 0 Å². The Morgan fingerprint density at radius 1 is 1.28 bits per heavy atom. The van der Waals surface area contributed by atoms with Crippen LogP contribution in [0.4, 0.5) is 0 Å². The first kappa shape index (κ1) is 14.4. The summed E-state index contributed by atoms with van der Waals surface area (Å²) in [6.07, 6.45) is 1.10. The van der Waals surface area contributed by atoms with Crippen molar-refractivity contribution in [3.8, 4) is 5.75 Å². The monoisotopic (exact) mass is 248 g/mol. The molecule has 0 heterocycles. The van der Waals surface area contributed by atoms with Gasteiger partial charge in [0.1, 0.15) is 11.5 Å². The van der Waals surface area contributed by atoms with Gasteiger partial charge in [-0.15, -0.1) is 0 Å². The number of rotatable bonds is 5. The highest BCUT2D eigenvalue weighted by molar-refractivity contribution is 5.80. The quantitative estimate of drug-likeness (QED) is 0.594. The molecule has 0 spiro atoms. The lowest BCUT2D eigenvalue weighted by molar-refractivity contribution is -0.131. The van der Waals surface area contributed by atoms with Gasteiger partial charge in [0.05, 0.1) is 0 Å². The predicted octanol–water partition coefficient (Wildman–Crippen LogP) is 3.08. The van der Waals surface area contributed by atoms with Crippen molar-refractivity contribution in [1.82, 2.24) is 0 Å². The predicted molar refractivity (Wildman–Crippen MR) is 70.7 cm³/mol. The summed E-state index contributed by atoms with van der Waals surface area (Å²) in [4.78, 5) is 22.7. The summed E-state index contributed by atoms with van der Waals surface area (Å²) < 4.78 is 5.17. The summed E-state index contributed by atoms with van der Waals surface area (Å²) in [5.41, 5.74) is 1.99. The molecule has 0 radical (unpaired) electrons. The summed E-state index contributed by atoms with van der Waals surface area (Å²) in [7, 11) is 0. The fourth-order valence-corrected chi connectivity index (χ4v) is 1.78. The summed E-state index contributed by atoms with van der Waals surface area (Å²) in [5.74, 6) is 0.509. The zero-order valence-corrected chi connectivity index (χ0v) is 11.4. The number of benzene rings is 1. The van der Waals surface area contributed by atoms with Crippen molar-refractivity contribution < 1.29 is 14.3 Å². The van der Waals surface area contributed by atoms with E-state index < -0.39 is 0 Å². The highest BCUT2D eigenvalue weighted by Crippen LogP contribution is 2.24. The van der Waals surface area contributed by atoms with Gasteiger partial charge in [-0.25, -0.2) is 0 Å². The molecule has 18 heavy (non-hydrogen) atoms. The number of carbonyl (C=O) groups is 2. The molecule has 3 heteroatoms. The molecule has 0 atom stereocenters. The van der Waals surface area contributed by atoms with Gasteiger partial charge in [0.25, 0.3) is 0 Å².